The van der Waals surface area contributed by atoms with Crippen molar-refractivity contribution in [3.63, 3.8) is 0 Å². The van der Waals surface area contributed by atoms with Gasteiger partial charge in [0.2, 0.25) is 0 Å². The van der Waals surface area contributed by atoms with Crippen LogP contribution in [0.4, 0.5) is 0 Å². The van der Waals surface area contributed by atoms with Gasteiger partial charge in [-0.2, -0.15) is 0 Å². The summed E-state index contributed by atoms with van der Waals surface area (Å²) in [7, 11) is 3.98. The Bertz CT molecular complexity index is 1010. The van der Waals surface area contributed by atoms with Crippen molar-refractivity contribution in [2.45, 2.75) is 13.0 Å². The van der Waals surface area contributed by atoms with Gasteiger partial charge in [-0.25, -0.2) is 0 Å². The molecule has 6 nitrogen and oxygen atoms in total. The number of carbonyl (C=O) groups excluding carboxylic acids is 2. The summed E-state index contributed by atoms with van der Waals surface area (Å²) in [6, 6.07) is 13.8. The van der Waals surface area contributed by atoms with E-state index in [9.17, 15) is 14.7 Å². The molecule has 2 aromatic carbocycles. The Morgan fingerprint density at radius 2 is 1.90 bits per heavy atom. The summed E-state index contributed by atoms with van der Waals surface area (Å²) in [6.07, 6.45) is 1.65. The van der Waals surface area contributed by atoms with Gasteiger partial charge in [0.25, 0.3) is 11.7 Å². The Morgan fingerprint density at radius 1 is 1.19 bits per heavy atom. The molecule has 0 aliphatic carbocycles. The fourth-order valence-electron chi connectivity index (χ4n) is 3.60. The van der Waals surface area contributed by atoms with Crippen molar-refractivity contribution in [3.8, 4) is 5.75 Å². The van der Waals surface area contributed by atoms with Crippen LogP contribution in [0.15, 0.2) is 66.8 Å². The molecule has 1 aliphatic rings. The molecule has 162 valence electrons. The second kappa shape index (κ2) is 9.62. The molecule has 1 aliphatic heterocycles. The summed E-state index contributed by atoms with van der Waals surface area (Å²) in [5.41, 5.74) is 2.35. The second-order valence-electron chi connectivity index (χ2n) is 7.99. The van der Waals surface area contributed by atoms with Crippen LogP contribution >= 0.6 is 0 Å². The van der Waals surface area contributed by atoms with E-state index in [1.807, 2.05) is 51.4 Å². The lowest BCUT2D eigenvalue weighted by atomic mass is 9.95. The summed E-state index contributed by atoms with van der Waals surface area (Å²) in [4.78, 5) is 28.7. The number of hydrogen-bond acceptors (Lipinski definition) is 4. The summed E-state index contributed by atoms with van der Waals surface area (Å²) in [6.45, 7) is 7.00. The number of likely N-dealkylation sites (N-methyl/N-ethyl adjacent to an activating group) is 1. The van der Waals surface area contributed by atoms with Gasteiger partial charge in [0.1, 0.15) is 18.1 Å². The number of Topliss-reactive ketones (excluding diaryl/α,β-unsaturated/α-hetero) is 1. The molecule has 31 heavy (non-hydrogen) atoms. The maximum absolute atomic E-state index is 13.0. The van der Waals surface area contributed by atoms with Crippen LogP contribution in [0, 0.1) is 6.92 Å². The number of ether oxygens (including phenoxy) is 1. The lowest BCUT2D eigenvalue weighted by Crippen LogP contribution is -3.06. The molecule has 0 spiro atoms. The molecule has 3 rings (SSSR count). The third-order valence-electron chi connectivity index (χ3n) is 5.26. The fraction of sp³-hybridized carbons (Fsp3) is 0.280. The fourth-order valence-corrected chi connectivity index (χ4v) is 3.60. The number of rotatable bonds is 8. The Hall–Kier alpha value is -3.38. The van der Waals surface area contributed by atoms with Crippen molar-refractivity contribution in [3.05, 3.63) is 83.4 Å². The quantitative estimate of drug-likeness (QED) is 0.297. The predicted octanol–water partition coefficient (Wildman–Crippen LogP) is 2.13. The number of aliphatic hydroxyl groups excluding tert-OH is 1. The molecule has 0 unspecified atom stereocenters. The number of benzene rings is 2. The molecule has 1 fully saturated rings. The number of likely N-dealkylation sites (tertiary alicyclic amines) is 1. The normalized spacial score (nSPS) is 17.9. The summed E-state index contributed by atoms with van der Waals surface area (Å²) < 4.78 is 5.65. The summed E-state index contributed by atoms with van der Waals surface area (Å²) in [5, 5.41) is 11.1. The first-order valence-electron chi connectivity index (χ1n) is 10.3. The zero-order valence-corrected chi connectivity index (χ0v) is 18.2. The van der Waals surface area contributed by atoms with Gasteiger partial charge in [-0.15, -0.1) is 0 Å². The van der Waals surface area contributed by atoms with Gasteiger partial charge in [-0.1, -0.05) is 54.6 Å². The van der Waals surface area contributed by atoms with Crippen molar-refractivity contribution < 1.29 is 24.3 Å². The van der Waals surface area contributed by atoms with Crippen LogP contribution in [0.3, 0.4) is 0 Å². The SMILES string of the molecule is C=CCOc1cccc([C@H]2/C(=C(\O)c3ccc(C)cc3)C(=O)C(=O)N2CC[NH+](C)C)c1. The first kappa shape index (κ1) is 22.3. The van der Waals surface area contributed by atoms with E-state index in [1.54, 1.807) is 29.2 Å². The zero-order chi connectivity index (χ0) is 22.5. The maximum Gasteiger partial charge on any atom is 0.295 e. The van der Waals surface area contributed by atoms with Crippen LogP contribution in [0.25, 0.3) is 5.76 Å². The molecule has 0 aromatic heterocycles. The first-order chi connectivity index (χ1) is 14.8. The van der Waals surface area contributed by atoms with E-state index in [4.69, 9.17) is 4.74 Å². The van der Waals surface area contributed by atoms with Crippen LogP contribution in [0.2, 0.25) is 0 Å². The molecule has 1 amide bonds. The number of carbonyl (C=O) groups is 2. The summed E-state index contributed by atoms with van der Waals surface area (Å²) in [5.74, 6) is -0.830. The van der Waals surface area contributed by atoms with Crippen LogP contribution < -0.4 is 9.64 Å². The first-order valence-corrected chi connectivity index (χ1v) is 10.3. The number of aryl methyl sites for hydroxylation is 1. The minimum Gasteiger partial charge on any atom is -0.507 e. The van der Waals surface area contributed by atoms with Crippen LogP contribution in [0.1, 0.15) is 22.7 Å². The smallest absolute Gasteiger partial charge is 0.295 e. The van der Waals surface area contributed by atoms with Crippen molar-refractivity contribution in [2.24, 2.45) is 0 Å². The Morgan fingerprint density at radius 3 is 2.55 bits per heavy atom. The van der Waals surface area contributed by atoms with Gasteiger partial charge in [-0.3, -0.25) is 9.59 Å². The Balaban J connectivity index is 2.12. The van der Waals surface area contributed by atoms with Crippen molar-refractivity contribution in [1.82, 2.24) is 4.90 Å². The Kier molecular flexibility index (Phi) is 6.92. The lowest BCUT2D eigenvalue weighted by molar-refractivity contribution is -0.857. The van der Waals surface area contributed by atoms with E-state index in [1.165, 1.54) is 0 Å². The topological polar surface area (TPSA) is 71.3 Å². The van der Waals surface area contributed by atoms with Gasteiger partial charge < -0.3 is 19.6 Å². The van der Waals surface area contributed by atoms with Crippen molar-refractivity contribution in [2.75, 3.05) is 33.8 Å². The second-order valence-corrected chi connectivity index (χ2v) is 7.99. The lowest BCUT2D eigenvalue weighted by Gasteiger charge is -2.26. The van der Waals surface area contributed by atoms with E-state index in [2.05, 4.69) is 6.58 Å². The average Bonchev–Trinajstić information content (AvgIpc) is 3.01. The molecule has 0 bridgehead atoms. The molecule has 1 saturated heterocycles. The molecule has 6 heteroatoms. The molecule has 1 atom stereocenters. The van der Waals surface area contributed by atoms with Gasteiger partial charge in [0, 0.05) is 5.56 Å². The van der Waals surface area contributed by atoms with Crippen LogP contribution in [0.5, 0.6) is 5.75 Å². The highest BCUT2D eigenvalue weighted by Gasteiger charge is 2.46. The van der Waals surface area contributed by atoms with Gasteiger partial charge in [0.15, 0.2) is 0 Å². The van der Waals surface area contributed by atoms with Gasteiger partial charge >= 0.3 is 0 Å². The number of amides is 1. The zero-order valence-electron chi connectivity index (χ0n) is 18.2. The molecule has 0 saturated carbocycles. The van der Waals surface area contributed by atoms with E-state index < -0.39 is 17.7 Å². The minimum atomic E-state index is -0.687. The molecule has 0 radical (unpaired) electrons. The minimum absolute atomic E-state index is 0.100. The molecule has 2 aromatic rings. The van der Waals surface area contributed by atoms with E-state index in [0.717, 1.165) is 10.5 Å². The third-order valence-corrected chi connectivity index (χ3v) is 5.26. The van der Waals surface area contributed by atoms with E-state index in [-0.39, 0.29) is 11.3 Å². The summed E-state index contributed by atoms with van der Waals surface area (Å²) >= 11 is 0. The van der Waals surface area contributed by atoms with Crippen LogP contribution in [-0.2, 0) is 9.59 Å². The maximum atomic E-state index is 13.0. The third kappa shape index (κ3) is 4.86. The number of aliphatic hydroxyl groups is 1. The highest BCUT2D eigenvalue weighted by atomic mass is 16.5. The van der Waals surface area contributed by atoms with Gasteiger partial charge in [0.05, 0.1) is 38.8 Å². The highest BCUT2D eigenvalue weighted by molar-refractivity contribution is 6.46. The largest absolute Gasteiger partial charge is 0.507 e. The predicted molar refractivity (Wildman–Crippen MR) is 120 cm³/mol. The molecular weight excluding hydrogens is 392 g/mol. The molecule has 2 N–H and O–H groups in total. The Labute approximate surface area is 183 Å². The number of quaternary nitrogens is 1. The van der Waals surface area contributed by atoms with E-state index >= 15 is 0 Å². The monoisotopic (exact) mass is 421 g/mol. The molecular formula is C25H29N2O4+. The highest BCUT2D eigenvalue weighted by Crippen LogP contribution is 2.40. The van der Waals surface area contributed by atoms with Gasteiger partial charge in [-0.05, 0) is 24.6 Å². The average molecular weight is 422 g/mol. The molecule has 1 heterocycles. The van der Waals surface area contributed by atoms with Crippen LogP contribution in [-0.4, -0.2) is 55.5 Å². The number of hydrogen-bond donors (Lipinski definition) is 2. The number of nitrogens with zero attached hydrogens (tertiary/aromatic N) is 1. The van der Waals surface area contributed by atoms with E-state index in [0.29, 0.717) is 36.6 Å². The standard InChI is InChI=1S/C25H28N2O4/c1-5-15-31-20-8-6-7-19(16-20)22-21(23(28)18-11-9-17(2)10-12-18)24(29)25(30)27(22)14-13-26(3)4/h5-12,16,22,28H,1,13-15H2,2-4H3/p+1/b23-21+/t22-/m0/s1. The number of ketones is 1. The van der Waals surface area contributed by atoms with Crippen molar-refractivity contribution in [1.29, 1.82) is 0 Å². The van der Waals surface area contributed by atoms with Crippen molar-refractivity contribution >= 4 is 17.4 Å². The number of nitrogens with one attached hydrogen (secondary N) is 1.